The van der Waals surface area contributed by atoms with Crippen molar-refractivity contribution in [3.63, 3.8) is 0 Å². The molecule has 284 valence electrons. The van der Waals surface area contributed by atoms with Gasteiger partial charge in [-0.3, -0.25) is 0 Å². The number of ether oxygens (including phenoxy) is 8. The van der Waals surface area contributed by atoms with Gasteiger partial charge in [-0.25, -0.2) is 28.4 Å². The van der Waals surface area contributed by atoms with E-state index in [4.69, 9.17) is 59.1 Å². The van der Waals surface area contributed by atoms with E-state index >= 15 is 0 Å². The fourth-order valence-electron chi connectivity index (χ4n) is 3.51. The molecule has 4 atom stereocenters. The molecule has 8 N–H and O–H groups in total. The van der Waals surface area contributed by atoms with Crippen LogP contribution in [0.2, 0.25) is 0 Å². The minimum atomic E-state index is -0.760. The molecule has 0 radical (unpaired) electrons. The quantitative estimate of drug-likeness (QED) is 0.0294. The van der Waals surface area contributed by atoms with Gasteiger partial charge in [-0.15, -0.1) is 0 Å². The zero-order valence-electron chi connectivity index (χ0n) is 29.5. The van der Waals surface area contributed by atoms with Crippen molar-refractivity contribution in [2.75, 3.05) is 106 Å². The van der Waals surface area contributed by atoms with Crippen molar-refractivity contribution < 1.29 is 78.7 Å². The first-order valence-electron chi connectivity index (χ1n) is 14.6. The van der Waals surface area contributed by atoms with Crippen LogP contribution in [0.5, 0.6) is 0 Å². The summed E-state index contributed by atoms with van der Waals surface area (Å²) in [6.07, 6.45) is -0.0470. The second-order valence-corrected chi connectivity index (χ2v) is 9.88. The second kappa shape index (κ2) is 45.5. The van der Waals surface area contributed by atoms with Crippen LogP contribution in [0, 0.1) is 33.9 Å². The Morgan fingerprint density at radius 2 is 0.694 bits per heavy atom. The van der Waals surface area contributed by atoms with Crippen LogP contribution in [0.1, 0.15) is 25.7 Å². The molecule has 20 heteroatoms. The van der Waals surface area contributed by atoms with Crippen molar-refractivity contribution in [3.05, 3.63) is 28.4 Å². The molecule has 0 aliphatic carbocycles. The maximum Gasteiger partial charge on any atom is 0.101 e. The fraction of sp³-hybridized carbons (Fsp3) is 0.862. The van der Waals surface area contributed by atoms with Gasteiger partial charge in [-0.2, -0.15) is 0 Å². The Bertz CT molecular complexity index is 522. The van der Waals surface area contributed by atoms with Crippen LogP contribution in [0.4, 0.5) is 0 Å². The molecular formula is C29H60O16Rf4-4. The first-order chi connectivity index (χ1) is 21.6. The van der Waals surface area contributed by atoms with Crippen LogP contribution in [-0.4, -0.2) is 171 Å². The van der Waals surface area contributed by atoms with E-state index < -0.39 is 24.4 Å². The summed E-state index contributed by atoms with van der Waals surface area (Å²) in [6.45, 7) is 2.12. The van der Waals surface area contributed by atoms with Crippen molar-refractivity contribution in [1.82, 2.24) is 0 Å². The summed E-state index contributed by atoms with van der Waals surface area (Å²) < 4.78 is 38.5. The maximum atomic E-state index is 9.26. The van der Waals surface area contributed by atoms with Gasteiger partial charge in [0.05, 0.1) is 78.3 Å². The van der Waals surface area contributed by atoms with E-state index in [0.717, 1.165) is 12.8 Å². The first-order valence-corrected chi connectivity index (χ1v) is 14.6. The Morgan fingerprint density at radius 1 is 0.408 bits per heavy atom. The van der Waals surface area contributed by atoms with E-state index in [0.29, 0.717) is 26.1 Å². The van der Waals surface area contributed by atoms with E-state index in [2.05, 4.69) is 37.9 Å². The number of aliphatic hydroxyl groups excluding tert-OH is 8. The molecule has 0 aromatic carbocycles. The molecule has 0 aromatic heterocycles. The van der Waals surface area contributed by atoms with Crippen LogP contribution in [0.15, 0.2) is 0 Å². The van der Waals surface area contributed by atoms with Gasteiger partial charge in [-0.1, -0.05) is 0 Å². The Hall–Kier alpha value is -4.64. The van der Waals surface area contributed by atoms with Crippen molar-refractivity contribution in [2.45, 2.75) is 50.1 Å². The molecule has 49 heavy (non-hydrogen) atoms. The average molecular weight is 1730 g/mol. The molecule has 4 unspecified atom stereocenters. The molecule has 0 saturated carbocycles. The van der Waals surface area contributed by atoms with Crippen LogP contribution in [0.25, 0.3) is 0 Å². The summed E-state index contributed by atoms with van der Waals surface area (Å²) in [4.78, 5) is 0. The van der Waals surface area contributed by atoms with Gasteiger partial charge in [0.25, 0.3) is 0 Å². The van der Waals surface area contributed by atoms with Crippen molar-refractivity contribution >= 4 is 0 Å². The van der Waals surface area contributed by atoms with E-state index in [1.165, 1.54) is 0 Å². The number of hydrogen-bond donors (Lipinski definition) is 8. The standard InChI is InChI=1S/C11H22O4.2C9H19O6.4Rf/c1-14-9-11(10-15-2,5-3-7-12)6-4-8-13;2*1-13-4-8(11)6-15-7-9(12)5-14-3-2-10;;;;/h12-13H,1-10H2;2*8-12H,1-7H2;;;;/q-2;2*-1;;;;. The molecule has 0 aliphatic heterocycles. The van der Waals surface area contributed by atoms with Gasteiger partial charge >= 0.3 is 0 Å². The van der Waals surface area contributed by atoms with Crippen LogP contribution >= 0.6 is 0 Å². The summed E-state index contributed by atoms with van der Waals surface area (Å²) in [6, 6.07) is 0. The molecule has 16 nitrogen and oxygen atoms in total. The van der Waals surface area contributed by atoms with Crippen molar-refractivity contribution in [3.8, 4) is 0 Å². The third kappa shape index (κ3) is 43.4. The normalized spacial score (nSPS) is 13.0. The van der Waals surface area contributed by atoms with Crippen LogP contribution < -0.4 is 0 Å². The van der Waals surface area contributed by atoms with Gasteiger partial charge in [0.15, 0.2) is 0 Å². The minimum Gasteiger partial charge on any atom is -0.555 e. The fourth-order valence-corrected chi connectivity index (χ4v) is 3.51. The number of aliphatic hydroxyl groups is 8. The smallest absolute Gasteiger partial charge is 0.101 e. The molecule has 0 amide bonds. The zero-order valence-corrected chi connectivity index (χ0v) is 55.0. The third-order valence-corrected chi connectivity index (χ3v) is 5.50. The molecule has 0 bridgehead atoms. The van der Waals surface area contributed by atoms with Crippen LogP contribution in [-0.2, 0) is 37.9 Å². The summed E-state index contributed by atoms with van der Waals surface area (Å²) in [5, 5.41) is 71.3. The summed E-state index contributed by atoms with van der Waals surface area (Å²) in [5.74, 6) is 0. The van der Waals surface area contributed by atoms with Crippen molar-refractivity contribution in [1.29, 1.82) is 0 Å². The largest absolute Gasteiger partial charge is 0.555 e. The van der Waals surface area contributed by atoms with E-state index in [1.54, 1.807) is 0 Å². The minimum absolute atomic E-state index is 0. The van der Waals surface area contributed by atoms with E-state index in [1.807, 2.05) is 0 Å². The molecular weight excluding hydrogens is 1670 g/mol. The van der Waals surface area contributed by atoms with Crippen molar-refractivity contribution in [2.24, 2.45) is 5.41 Å². The third-order valence-electron chi connectivity index (χ3n) is 5.50. The summed E-state index contributed by atoms with van der Waals surface area (Å²) in [7, 11) is 13.0. The Kier molecular flexibility index (Phi) is 55.5. The van der Waals surface area contributed by atoms with Gasteiger partial charge < -0.3 is 78.7 Å². The Labute approximate surface area is 268 Å². The topological polar surface area (TPSA) is 236 Å². The average Bonchev–Trinajstić information content (AvgIpc) is 3.00. The van der Waals surface area contributed by atoms with Gasteiger partial charge in [0.1, 0.15) is 12.2 Å². The van der Waals surface area contributed by atoms with E-state index in [9.17, 15) is 10.2 Å². The molecule has 0 spiro atoms. The predicted octanol–water partition coefficient (Wildman–Crippen LogP) is -1.78. The van der Waals surface area contributed by atoms with Crippen LogP contribution in [0.3, 0.4) is 0 Å². The summed E-state index contributed by atoms with van der Waals surface area (Å²) in [5.41, 5.74) is -0.186. The van der Waals surface area contributed by atoms with Gasteiger partial charge in [-0.05, 0) is 25.7 Å². The molecule has 0 heterocycles. The second-order valence-electron chi connectivity index (χ2n) is 9.88. The van der Waals surface area contributed by atoms with E-state index in [-0.39, 0.29) is 97.9 Å². The SMILES string of the molecule is [CH2-]OCC(CCCO)(CCCO)CO[CH2-].[CH2-]OCC(O)COCC(O)COCCO.[CH2-]OCC(O)COCC(O)COCCO.[Rf].[Rf].[Rf].[Rf]. The molecule has 0 aromatic rings. The molecule has 0 aliphatic rings. The Balaban J connectivity index is -0.000000104. The molecule has 0 rings (SSSR count). The molecule has 0 saturated heterocycles. The zero-order chi connectivity index (χ0) is 34.6. The van der Waals surface area contributed by atoms with Gasteiger partial charge in [0.2, 0.25) is 0 Å². The molecule has 0 fully saturated rings. The maximum absolute atomic E-state index is 9.26. The Morgan fingerprint density at radius 3 is 0.939 bits per heavy atom. The first kappa shape index (κ1) is 59.8. The number of hydrogen-bond acceptors (Lipinski definition) is 16. The summed E-state index contributed by atoms with van der Waals surface area (Å²) >= 11 is 0. The number of rotatable bonds is 30. The monoisotopic (exact) mass is 1730 g/mol. The predicted molar refractivity (Wildman–Crippen MR) is 162 cm³/mol. The van der Waals surface area contributed by atoms with Gasteiger partial charge in [0, 0.05) is 45.1 Å².